The van der Waals surface area contributed by atoms with Crippen LogP contribution < -0.4 is 4.74 Å². The summed E-state index contributed by atoms with van der Waals surface area (Å²) in [6, 6.07) is 5.44. The molecule has 0 atom stereocenters. The lowest BCUT2D eigenvalue weighted by Gasteiger charge is -2.11. The number of ether oxygens (including phenoxy) is 2. The number of aromatic nitrogens is 2. The van der Waals surface area contributed by atoms with Crippen LogP contribution in [0.1, 0.15) is 16.1 Å². The highest BCUT2D eigenvalue weighted by Crippen LogP contribution is 2.30. The summed E-state index contributed by atoms with van der Waals surface area (Å²) in [5.74, 6) is 0.0201. The second kappa shape index (κ2) is 5.48. The zero-order chi connectivity index (χ0) is 13.8. The first-order chi connectivity index (χ1) is 9.17. The molecule has 0 saturated heterocycles. The summed E-state index contributed by atoms with van der Waals surface area (Å²) in [5.41, 5.74) is 2.62. The van der Waals surface area contributed by atoms with Crippen molar-refractivity contribution in [1.29, 1.82) is 0 Å². The normalized spacial score (nSPS) is 10.1. The molecule has 0 radical (unpaired) electrons. The van der Waals surface area contributed by atoms with E-state index in [0.29, 0.717) is 17.0 Å². The Kier molecular flexibility index (Phi) is 3.75. The number of rotatable bonds is 3. The van der Waals surface area contributed by atoms with Crippen LogP contribution in [-0.4, -0.2) is 30.2 Å². The fraction of sp³-hybridized carbons (Fsp3) is 0.214. The Morgan fingerprint density at radius 1 is 1.21 bits per heavy atom. The third-order valence-corrected chi connectivity index (χ3v) is 2.70. The van der Waals surface area contributed by atoms with E-state index in [4.69, 9.17) is 9.47 Å². The molecule has 0 saturated carbocycles. The molecule has 0 N–H and O–H groups in total. The molecule has 98 valence electrons. The molecule has 0 bridgehead atoms. The largest absolute Gasteiger partial charge is 0.481 e. The van der Waals surface area contributed by atoms with Crippen LogP contribution in [0.3, 0.4) is 0 Å². The predicted octanol–water partition coefficient (Wildman–Crippen LogP) is 2.25. The standard InChI is InChI=1S/C14H14N2O3/c1-9-7-11(12(8-16-9)14(17)19-3)10-5-4-6-15-13(10)18-2/h4-8H,1-3H3. The quantitative estimate of drug-likeness (QED) is 0.790. The zero-order valence-corrected chi connectivity index (χ0v) is 11.0. The van der Waals surface area contributed by atoms with Crippen LogP contribution in [0.5, 0.6) is 5.88 Å². The first-order valence-corrected chi connectivity index (χ1v) is 5.71. The average molecular weight is 258 g/mol. The van der Waals surface area contributed by atoms with Crippen LogP contribution in [0, 0.1) is 6.92 Å². The molecule has 0 fully saturated rings. The Balaban J connectivity index is 2.66. The van der Waals surface area contributed by atoms with Crippen molar-refractivity contribution in [2.24, 2.45) is 0 Å². The van der Waals surface area contributed by atoms with Gasteiger partial charge < -0.3 is 9.47 Å². The summed E-state index contributed by atoms with van der Waals surface area (Å²) in [4.78, 5) is 20.1. The van der Waals surface area contributed by atoms with Crippen molar-refractivity contribution >= 4 is 5.97 Å². The minimum atomic E-state index is -0.437. The molecular formula is C14H14N2O3. The Morgan fingerprint density at radius 3 is 2.68 bits per heavy atom. The Morgan fingerprint density at radius 2 is 2.00 bits per heavy atom. The van der Waals surface area contributed by atoms with Gasteiger partial charge in [-0.15, -0.1) is 0 Å². The lowest BCUT2D eigenvalue weighted by molar-refractivity contribution is 0.0601. The van der Waals surface area contributed by atoms with Gasteiger partial charge in [0.1, 0.15) is 0 Å². The SMILES string of the molecule is COC(=O)c1cnc(C)cc1-c1cccnc1OC. The van der Waals surface area contributed by atoms with E-state index < -0.39 is 5.97 Å². The molecule has 0 aliphatic rings. The summed E-state index contributed by atoms with van der Waals surface area (Å²) >= 11 is 0. The molecule has 5 nitrogen and oxygen atoms in total. The van der Waals surface area contributed by atoms with Gasteiger partial charge in [-0.05, 0) is 25.1 Å². The molecule has 19 heavy (non-hydrogen) atoms. The maximum atomic E-state index is 11.8. The number of aryl methyl sites for hydroxylation is 1. The van der Waals surface area contributed by atoms with Crippen molar-refractivity contribution in [2.75, 3.05) is 14.2 Å². The Hall–Kier alpha value is -2.43. The molecule has 0 aromatic carbocycles. The van der Waals surface area contributed by atoms with Crippen LogP contribution in [0.25, 0.3) is 11.1 Å². The van der Waals surface area contributed by atoms with Crippen molar-refractivity contribution < 1.29 is 14.3 Å². The number of hydrogen-bond donors (Lipinski definition) is 0. The van der Waals surface area contributed by atoms with Gasteiger partial charge >= 0.3 is 5.97 Å². The minimum absolute atomic E-state index is 0.388. The van der Waals surface area contributed by atoms with Crippen LogP contribution >= 0.6 is 0 Å². The lowest BCUT2D eigenvalue weighted by Crippen LogP contribution is -2.06. The predicted molar refractivity (Wildman–Crippen MR) is 70.1 cm³/mol. The summed E-state index contributed by atoms with van der Waals surface area (Å²) in [6.45, 7) is 1.85. The highest BCUT2D eigenvalue weighted by Gasteiger charge is 2.17. The summed E-state index contributed by atoms with van der Waals surface area (Å²) in [7, 11) is 2.88. The molecule has 0 aliphatic carbocycles. The smallest absolute Gasteiger partial charge is 0.340 e. The van der Waals surface area contributed by atoms with E-state index in [2.05, 4.69) is 9.97 Å². The maximum Gasteiger partial charge on any atom is 0.340 e. The number of esters is 1. The molecule has 0 unspecified atom stereocenters. The number of nitrogens with zero attached hydrogens (tertiary/aromatic N) is 2. The molecule has 2 aromatic heterocycles. The van der Waals surface area contributed by atoms with Crippen LogP contribution in [0.4, 0.5) is 0 Å². The van der Waals surface area contributed by atoms with Crippen molar-refractivity contribution in [3.8, 4) is 17.0 Å². The lowest BCUT2D eigenvalue weighted by atomic mass is 10.0. The van der Waals surface area contributed by atoms with Gasteiger partial charge in [0, 0.05) is 29.2 Å². The monoisotopic (exact) mass is 258 g/mol. The summed E-state index contributed by atoms with van der Waals surface area (Å²) < 4.78 is 10.00. The number of carbonyl (C=O) groups is 1. The fourth-order valence-electron chi connectivity index (χ4n) is 1.81. The average Bonchev–Trinajstić information content (AvgIpc) is 2.46. The molecule has 2 rings (SSSR count). The van der Waals surface area contributed by atoms with Crippen LogP contribution in [0.2, 0.25) is 0 Å². The number of hydrogen-bond acceptors (Lipinski definition) is 5. The molecule has 2 heterocycles. The summed E-state index contributed by atoms with van der Waals surface area (Å²) in [6.07, 6.45) is 3.14. The highest BCUT2D eigenvalue weighted by molar-refractivity contribution is 5.97. The van der Waals surface area contributed by atoms with Crippen LogP contribution in [-0.2, 0) is 4.74 Å². The molecule has 2 aromatic rings. The van der Waals surface area contributed by atoms with Gasteiger partial charge in [-0.2, -0.15) is 0 Å². The minimum Gasteiger partial charge on any atom is -0.481 e. The van der Waals surface area contributed by atoms with E-state index >= 15 is 0 Å². The van der Waals surface area contributed by atoms with E-state index in [1.807, 2.05) is 19.1 Å². The summed E-state index contributed by atoms with van der Waals surface area (Å²) in [5, 5.41) is 0. The molecule has 0 amide bonds. The number of methoxy groups -OCH3 is 2. The zero-order valence-electron chi connectivity index (χ0n) is 11.0. The van der Waals surface area contributed by atoms with E-state index in [-0.39, 0.29) is 0 Å². The van der Waals surface area contributed by atoms with Gasteiger partial charge in [0.05, 0.1) is 19.8 Å². The van der Waals surface area contributed by atoms with Crippen molar-refractivity contribution in [3.05, 3.63) is 41.9 Å². The fourth-order valence-corrected chi connectivity index (χ4v) is 1.81. The molecule has 0 aliphatic heterocycles. The van der Waals surface area contributed by atoms with Gasteiger partial charge in [-0.25, -0.2) is 9.78 Å². The van der Waals surface area contributed by atoms with Crippen molar-refractivity contribution in [2.45, 2.75) is 6.92 Å². The second-order valence-electron chi connectivity index (χ2n) is 3.92. The third-order valence-electron chi connectivity index (χ3n) is 2.70. The van der Waals surface area contributed by atoms with Crippen molar-refractivity contribution in [3.63, 3.8) is 0 Å². The third kappa shape index (κ3) is 2.54. The Labute approximate surface area is 111 Å². The van der Waals surface area contributed by atoms with Gasteiger partial charge in [0.25, 0.3) is 0 Å². The van der Waals surface area contributed by atoms with Gasteiger partial charge in [-0.3, -0.25) is 4.98 Å². The maximum absolute atomic E-state index is 11.8. The van der Waals surface area contributed by atoms with Crippen molar-refractivity contribution in [1.82, 2.24) is 9.97 Å². The van der Waals surface area contributed by atoms with Gasteiger partial charge in [0.15, 0.2) is 0 Å². The van der Waals surface area contributed by atoms with Crippen LogP contribution in [0.15, 0.2) is 30.6 Å². The van der Waals surface area contributed by atoms with E-state index in [0.717, 1.165) is 11.3 Å². The van der Waals surface area contributed by atoms with E-state index in [1.165, 1.54) is 20.4 Å². The van der Waals surface area contributed by atoms with Gasteiger partial charge in [-0.1, -0.05) is 0 Å². The number of pyridine rings is 2. The first kappa shape index (κ1) is 13.0. The Bertz CT molecular complexity index is 611. The number of carbonyl (C=O) groups excluding carboxylic acids is 1. The molecular weight excluding hydrogens is 244 g/mol. The first-order valence-electron chi connectivity index (χ1n) is 5.71. The van der Waals surface area contributed by atoms with Gasteiger partial charge in [0.2, 0.25) is 5.88 Å². The topological polar surface area (TPSA) is 61.3 Å². The van der Waals surface area contributed by atoms with E-state index in [1.54, 1.807) is 12.3 Å². The van der Waals surface area contributed by atoms with E-state index in [9.17, 15) is 4.79 Å². The second-order valence-corrected chi connectivity index (χ2v) is 3.92. The highest BCUT2D eigenvalue weighted by atomic mass is 16.5. The molecule has 5 heteroatoms. The molecule has 0 spiro atoms.